The Hall–Kier alpha value is -1.36. The van der Waals surface area contributed by atoms with Crippen LogP contribution >= 0.6 is 11.3 Å². The lowest BCUT2D eigenvalue weighted by atomic mass is 10.1. The summed E-state index contributed by atoms with van der Waals surface area (Å²) in [6.45, 7) is 0. The van der Waals surface area contributed by atoms with Gasteiger partial charge in [0.15, 0.2) is 0 Å². The van der Waals surface area contributed by atoms with Gasteiger partial charge in [-0.2, -0.15) is 4.98 Å². The SMILES string of the molecule is CNc1nc(NC2CCCCCC2)c2ccsc2n1. The normalized spacial score (nSPS) is 17.3. The Balaban J connectivity index is 1.87. The molecule has 1 saturated carbocycles. The van der Waals surface area contributed by atoms with Crippen molar-refractivity contribution in [2.75, 3.05) is 17.7 Å². The summed E-state index contributed by atoms with van der Waals surface area (Å²) in [6.07, 6.45) is 7.91. The Bertz CT molecular complexity index is 543. The van der Waals surface area contributed by atoms with Gasteiger partial charge in [-0.15, -0.1) is 11.3 Å². The number of thiophene rings is 1. The highest BCUT2D eigenvalue weighted by molar-refractivity contribution is 7.16. The third kappa shape index (κ3) is 2.81. The molecule has 19 heavy (non-hydrogen) atoms. The summed E-state index contributed by atoms with van der Waals surface area (Å²) in [5, 5.41) is 9.91. The monoisotopic (exact) mass is 276 g/mol. The number of aromatic nitrogens is 2. The fourth-order valence-electron chi connectivity index (χ4n) is 2.69. The van der Waals surface area contributed by atoms with Gasteiger partial charge >= 0.3 is 0 Å². The van der Waals surface area contributed by atoms with Crippen LogP contribution < -0.4 is 10.6 Å². The topological polar surface area (TPSA) is 49.8 Å². The zero-order valence-electron chi connectivity index (χ0n) is 11.3. The first kappa shape index (κ1) is 12.7. The molecular weight excluding hydrogens is 256 g/mol. The molecule has 0 saturated heterocycles. The zero-order chi connectivity index (χ0) is 13.1. The third-order valence-electron chi connectivity index (χ3n) is 3.74. The van der Waals surface area contributed by atoms with Crippen LogP contribution in [0.15, 0.2) is 11.4 Å². The van der Waals surface area contributed by atoms with E-state index in [0.717, 1.165) is 16.0 Å². The van der Waals surface area contributed by atoms with E-state index in [-0.39, 0.29) is 0 Å². The maximum absolute atomic E-state index is 4.59. The molecule has 2 aromatic heterocycles. The van der Waals surface area contributed by atoms with Crippen molar-refractivity contribution in [3.8, 4) is 0 Å². The minimum atomic E-state index is 0.560. The van der Waals surface area contributed by atoms with E-state index in [2.05, 4.69) is 32.0 Å². The largest absolute Gasteiger partial charge is 0.367 e. The average Bonchev–Trinajstić information content (AvgIpc) is 2.76. The van der Waals surface area contributed by atoms with Crippen molar-refractivity contribution in [1.29, 1.82) is 0 Å². The number of anilines is 2. The van der Waals surface area contributed by atoms with E-state index in [9.17, 15) is 0 Å². The molecule has 0 radical (unpaired) electrons. The Morgan fingerprint density at radius 3 is 2.68 bits per heavy atom. The van der Waals surface area contributed by atoms with Crippen LogP contribution in [0.3, 0.4) is 0 Å². The quantitative estimate of drug-likeness (QED) is 0.836. The predicted octanol–water partition coefficient (Wildman–Crippen LogP) is 3.87. The van der Waals surface area contributed by atoms with E-state index < -0.39 is 0 Å². The maximum atomic E-state index is 4.59. The van der Waals surface area contributed by atoms with Crippen LogP contribution in [-0.4, -0.2) is 23.1 Å². The highest BCUT2D eigenvalue weighted by Gasteiger charge is 2.15. The van der Waals surface area contributed by atoms with Crippen LogP contribution in [0.4, 0.5) is 11.8 Å². The molecule has 3 rings (SSSR count). The van der Waals surface area contributed by atoms with E-state index >= 15 is 0 Å². The molecule has 2 N–H and O–H groups in total. The van der Waals surface area contributed by atoms with Gasteiger partial charge in [0.05, 0.1) is 5.39 Å². The summed E-state index contributed by atoms with van der Waals surface area (Å²) in [5.74, 6) is 1.69. The van der Waals surface area contributed by atoms with E-state index in [1.807, 2.05) is 7.05 Å². The van der Waals surface area contributed by atoms with Gasteiger partial charge in [0.2, 0.25) is 5.95 Å². The van der Waals surface area contributed by atoms with Crippen LogP contribution in [0.1, 0.15) is 38.5 Å². The van der Waals surface area contributed by atoms with Crippen LogP contribution in [0.5, 0.6) is 0 Å². The number of hydrogen-bond donors (Lipinski definition) is 2. The van der Waals surface area contributed by atoms with Gasteiger partial charge in [-0.25, -0.2) is 4.98 Å². The second-order valence-electron chi connectivity index (χ2n) is 5.12. The first-order valence-corrected chi connectivity index (χ1v) is 7.94. The summed E-state index contributed by atoms with van der Waals surface area (Å²) in [7, 11) is 1.87. The molecule has 5 heteroatoms. The molecule has 1 aliphatic carbocycles. The molecule has 0 spiro atoms. The second-order valence-corrected chi connectivity index (χ2v) is 6.01. The van der Waals surface area contributed by atoms with E-state index in [4.69, 9.17) is 0 Å². The molecule has 0 aliphatic heterocycles. The predicted molar refractivity (Wildman–Crippen MR) is 82.1 cm³/mol. The number of nitrogens with one attached hydrogen (secondary N) is 2. The number of rotatable bonds is 3. The first-order chi connectivity index (χ1) is 9.36. The first-order valence-electron chi connectivity index (χ1n) is 7.06. The van der Waals surface area contributed by atoms with Gasteiger partial charge in [-0.05, 0) is 24.3 Å². The summed E-state index contributed by atoms with van der Waals surface area (Å²) in [5.41, 5.74) is 0. The van der Waals surface area contributed by atoms with Crippen molar-refractivity contribution >= 4 is 33.3 Å². The Morgan fingerprint density at radius 2 is 1.95 bits per heavy atom. The minimum absolute atomic E-state index is 0.560. The molecule has 0 atom stereocenters. The molecule has 0 bridgehead atoms. The highest BCUT2D eigenvalue weighted by Crippen LogP contribution is 2.28. The smallest absolute Gasteiger partial charge is 0.225 e. The van der Waals surface area contributed by atoms with Crippen molar-refractivity contribution in [1.82, 2.24) is 9.97 Å². The van der Waals surface area contributed by atoms with Crippen molar-refractivity contribution in [3.05, 3.63) is 11.4 Å². The van der Waals surface area contributed by atoms with E-state index in [0.29, 0.717) is 12.0 Å². The zero-order valence-corrected chi connectivity index (χ0v) is 12.1. The Kier molecular flexibility index (Phi) is 3.82. The summed E-state index contributed by atoms with van der Waals surface area (Å²) in [4.78, 5) is 10.1. The van der Waals surface area contributed by atoms with Crippen LogP contribution in [0, 0.1) is 0 Å². The fraction of sp³-hybridized carbons (Fsp3) is 0.571. The van der Waals surface area contributed by atoms with Crippen molar-refractivity contribution < 1.29 is 0 Å². The Labute approximate surface area is 117 Å². The van der Waals surface area contributed by atoms with Gasteiger partial charge in [-0.3, -0.25) is 0 Å². The molecule has 102 valence electrons. The summed E-state index contributed by atoms with van der Waals surface area (Å²) < 4.78 is 0. The standard InChI is InChI=1S/C14H20N4S/c1-15-14-17-12(11-8-9-19-13(11)18-14)16-10-6-4-2-3-5-7-10/h8-10H,2-7H2,1H3,(H2,15,16,17,18). The lowest BCUT2D eigenvalue weighted by molar-refractivity contribution is 0.618. The van der Waals surface area contributed by atoms with Crippen molar-refractivity contribution in [2.45, 2.75) is 44.6 Å². The van der Waals surface area contributed by atoms with E-state index in [1.54, 1.807) is 11.3 Å². The van der Waals surface area contributed by atoms with Crippen molar-refractivity contribution in [3.63, 3.8) is 0 Å². The molecule has 2 aromatic rings. The molecular formula is C14H20N4S. The number of fused-ring (bicyclic) bond motifs is 1. The molecule has 1 fully saturated rings. The Morgan fingerprint density at radius 1 is 1.16 bits per heavy atom. The van der Waals surface area contributed by atoms with Crippen LogP contribution in [-0.2, 0) is 0 Å². The third-order valence-corrected chi connectivity index (χ3v) is 4.55. The molecule has 0 aromatic carbocycles. The number of nitrogens with zero attached hydrogens (tertiary/aromatic N) is 2. The maximum Gasteiger partial charge on any atom is 0.225 e. The second kappa shape index (κ2) is 5.74. The average molecular weight is 276 g/mol. The van der Waals surface area contributed by atoms with Gasteiger partial charge in [0.1, 0.15) is 10.6 Å². The van der Waals surface area contributed by atoms with Crippen LogP contribution in [0.25, 0.3) is 10.2 Å². The molecule has 0 unspecified atom stereocenters. The van der Waals surface area contributed by atoms with Gasteiger partial charge in [-0.1, -0.05) is 25.7 Å². The van der Waals surface area contributed by atoms with Gasteiger partial charge in [0.25, 0.3) is 0 Å². The van der Waals surface area contributed by atoms with E-state index in [1.165, 1.54) is 38.5 Å². The molecule has 2 heterocycles. The minimum Gasteiger partial charge on any atom is -0.367 e. The fourth-order valence-corrected chi connectivity index (χ4v) is 3.46. The molecule has 4 nitrogen and oxygen atoms in total. The van der Waals surface area contributed by atoms with Crippen molar-refractivity contribution in [2.24, 2.45) is 0 Å². The molecule has 0 amide bonds. The lowest BCUT2D eigenvalue weighted by Crippen LogP contribution is -2.19. The summed E-state index contributed by atoms with van der Waals surface area (Å²) in [6, 6.07) is 2.67. The van der Waals surface area contributed by atoms with Crippen LogP contribution in [0.2, 0.25) is 0 Å². The summed E-state index contributed by atoms with van der Waals surface area (Å²) >= 11 is 1.67. The van der Waals surface area contributed by atoms with Gasteiger partial charge < -0.3 is 10.6 Å². The van der Waals surface area contributed by atoms with Gasteiger partial charge in [0, 0.05) is 13.1 Å². The highest BCUT2D eigenvalue weighted by atomic mass is 32.1. The lowest BCUT2D eigenvalue weighted by Gasteiger charge is -2.17. The molecule has 1 aliphatic rings. The number of hydrogen-bond acceptors (Lipinski definition) is 5.